The molecule has 15 heavy (non-hydrogen) atoms. The zero-order chi connectivity index (χ0) is 11.5. The van der Waals surface area contributed by atoms with Gasteiger partial charge in [0.05, 0.1) is 0 Å². The minimum Gasteiger partial charge on any atom is -0.126 e. The molecule has 0 heterocycles. The lowest BCUT2D eigenvalue weighted by Gasteiger charge is -2.14. The zero-order valence-electron chi connectivity index (χ0n) is 7.69. The van der Waals surface area contributed by atoms with Crippen LogP contribution in [0.1, 0.15) is 16.0 Å². The van der Waals surface area contributed by atoms with Crippen LogP contribution < -0.4 is 0 Å². The molecule has 0 aliphatic heterocycles. The first-order valence-electron chi connectivity index (χ1n) is 4.28. The Morgan fingerprint density at radius 2 is 1.67 bits per heavy atom. The first-order valence-corrected chi connectivity index (χ1v) is 11.0. The van der Waals surface area contributed by atoms with Crippen LogP contribution in [-0.4, -0.2) is 6.00 Å². The Bertz CT molecular complexity index is 309. The van der Waals surface area contributed by atoms with Gasteiger partial charge in [0, 0.05) is 10.7 Å². The van der Waals surface area contributed by atoms with Gasteiger partial charge >= 0.3 is 6.00 Å². The van der Waals surface area contributed by atoms with Crippen molar-refractivity contribution < 1.29 is 0 Å². The average Bonchev–Trinajstić information content (AvgIpc) is 2.15. The molecule has 0 N–H and O–H groups in total. The summed E-state index contributed by atoms with van der Waals surface area (Å²) in [5.41, 5.74) is 2.20. The summed E-state index contributed by atoms with van der Waals surface area (Å²) in [6, 6.07) is 5.96. The molecule has 0 aliphatic rings. The second kappa shape index (κ2) is 6.13. The van der Waals surface area contributed by atoms with Crippen LogP contribution in [0.4, 0.5) is 0 Å². The lowest BCUT2D eigenvalue weighted by molar-refractivity contribution is 1.10. The highest BCUT2D eigenvalue weighted by Crippen LogP contribution is 2.37. The molecule has 0 fully saturated rings. The first-order chi connectivity index (χ1) is 6.92. The van der Waals surface area contributed by atoms with Crippen molar-refractivity contribution in [3.05, 3.63) is 35.4 Å². The number of alkyl halides is 2. The van der Waals surface area contributed by atoms with Gasteiger partial charge in [0.15, 0.2) is 0 Å². The number of benzene rings is 1. The van der Waals surface area contributed by atoms with Crippen molar-refractivity contribution in [2.24, 2.45) is 0 Å². The van der Waals surface area contributed by atoms with Crippen molar-refractivity contribution >= 4 is 66.8 Å². The van der Waals surface area contributed by atoms with Crippen LogP contribution in [-0.2, 0) is 5.88 Å². The molecular formula is C9H9BrCl4Si. The Labute approximate surface area is 118 Å². The third-order valence-corrected chi connectivity index (χ3v) is 5.92. The van der Waals surface area contributed by atoms with Crippen LogP contribution in [0.3, 0.4) is 0 Å². The molecule has 0 spiro atoms. The van der Waals surface area contributed by atoms with E-state index in [1.807, 2.05) is 24.3 Å². The molecule has 0 nitrogen and oxygen atoms in total. The molecule has 0 aliphatic carbocycles. The highest BCUT2D eigenvalue weighted by atomic mass is 79.9. The molecule has 0 aromatic heterocycles. The summed E-state index contributed by atoms with van der Waals surface area (Å²) in [7, 11) is 0. The predicted octanol–water partition coefficient (Wildman–Crippen LogP) is 5.52. The van der Waals surface area contributed by atoms with Gasteiger partial charge in [-0.25, -0.2) is 0 Å². The summed E-state index contributed by atoms with van der Waals surface area (Å²) >= 11 is 26.8. The maximum Gasteiger partial charge on any atom is 0.342 e. The lowest BCUT2D eigenvalue weighted by Crippen LogP contribution is -2.11. The van der Waals surface area contributed by atoms with Crippen molar-refractivity contribution in [3.8, 4) is 0 Å². The van der Waals surface area contributed by atoms with Crippen LogP contribution in [0.25, 0.3) is 0 Å². The van der Waals surface area contributed by atoms with Crippen molar-refractivity contribution in [1.82, 2.24) is 0 Å². The van der Waals surface area contributed by atoms with E-state index < -0.39 is 6.00 Å². The maximum atomic E-state index is 5.86. The number of hydrogen-bond acceptors (Lipinski definition) is 0. The normalized spacial score (nSPS) is 13.9. The van der Waals surface area contributed by atoms with Gasteiger partial charge in [-0.2, -0.15) is 0 Å². The van der Waals surface area contributed by atoms with Gasteiger partial charge in [0.1, 0.15) is 0 Å². The van der Waals surface area contributed by atoms with Crippen molar-refractivity contribution in [3.63, 3.8) is 0 Å². The van der Waals surface area contributed by atoms with Gasteiger partial charge in [0.25, 0.3) is 0 Å². The minimum atomic E-state index is -2.58. The smallest absolute Gasteiger partial charge is 0.126 e. The van der Waals surface area contributed by atoms with E-state index in [4.69, 9.17) is 44.8 Å². The molecule has 0 saturated carbocycles. The number of hydrogen-bond donors (Lipinski definition) is 0. The largest absolute Gasteiger partial charge is 0.342 e. The summed E-state index contributed by atoms with van der Waals surface area (Å²) in [6.07, 6.45) is 0. The lowest BCUT2D eigenvalue weighted by atomic mass is 10.1. The number of rotatable bonds is 4. The molecular weight excluding hydrogens is 358 g/mol. The van der Waals surface area contributed by atoms with E-state index in [-0.39, 0.29) is 4.83 Å². The fourth-order valence-corrected chi connectivity index (χ4v) is 6.79. The van der Waals surface area contributed by atoms with Gasteiger partial charge in [-0.15, -0.1) is 44.8 Å². The predicted molar refractivity (Wildman–Crippen MR) is 75.8 cm³/mol. The Kier molecular flexibility index (Phi) is 5.78. The third kappa shape index (κ3) is 5.29. The van der Waals surface area contributed by atoms with E-state index >= 15 is 0 Å². The summed E-state index contributed by atoms with van der Waals surface area (Å²) in [5, 5.41) is 0. The second-order valence-corrected chi connectivity index (χ2v) is 13.7. The molecule has 1 atom stereocenters. The van der Waals surface area contributed by atoms with Gasteiger partial charge in [-0.05, 0) is 17.2 Å². The van der Waals surface area contributed by atoms with E-state index in [9.17, 15) is 0 Å². The third-order valence-electron chi connectivity index (χ3n) is 1.91. The van der Waals surface area contributed by atoms with Crippen LogP contribution in [0.2, 0.25) is 6.04 Å². The van der Waals surface area contributed by atoms with E-state index in [1.54, 1.807) is 0 Å². The number of halogens is 5. The van der Waals surface area contributed by atoms with E-state index in [2.05, 4.69) is 15.9 Å². The Morgan fingerprint density at radius 1 is 1.13 bits per heavy atom. The van der Waals surface area contributed by atoms with Gasteiger partial charge in [-0.1, -0.05) is 40.2 Å². The monoisotopic (exact) mass is 364 g/mol. The summed E-state index contributed by atoms with van der Waals surface area (Å²) in [4.78, 5) is 0.0982. The van der Waals surface area contributed by atoms with Crippen LogP contribution in [0, 0.1) is 0 Å². The molecule has 6 heteroatoms. The quantitative estimate of drug-likeness (QED) is 0.374. The molecule has 0 bridgehead atoms. The Balaban J connectivity index is 2.70. The SMILES string of the molecule is ClCc1ccc(C(Br)C[Si](Cl)(Cl)Cl)cc1. The van der Waals surface area contributed by atoms with Crippen molar-refractivity contribution in [2.75, 3.05) is 0 Å². The Morgan fingerprint density at radius 3 is 2.07 bits per heavy atom. The van der Waals surface area contributed by atoms with E-state index in [0.717, 1.165) is 11.1 Å². The van der Waals surface area contributed by atoms with Crippen LogP contribution >= 0.6 is 60.8 Å². The highest BCUT2D eigenvalue weighted by molar-refractivity contribution is 9.09. The van der Waals surface area contributed by atoms with Crippen LogP contribution in [0.15, 0.2) is 24.3 Å². The molecule has 1 rings (SSSR count). The summed E-state index contributed by atoms with van der Waals surface area (Å²) < 4.78 is 0. The average molecular weight is 367 g/mol. The fraction of sp³-hybridized carbons (Fsp3) is 0.333. The summed E-state index contributed by atoms with van der Waals surface area (Å²) in [6.45, 7) is 0. The molecule has 1 aromatic rings. The van der Waals surface area contributed by atoms with Gasteiger partial charge in [-0.3, -0.25) is 0 Å². The first kappa shape index (κ1) is 14.1. The van der Waals surface area contributed by atoms with Gasteiger partial charge < -0.3 is 0 Å². The van der Waals surface area contributed by atoms with Crippen molar-refractivity contribution in [2.45, 2.75) is 16.8 Å². The molecule has 1 aromatic carbocycles. The van der Waals surface area contributed by atoms with Gasteiger partial charge in [0.2, 0.25) is 0 Å². The fourth-order valence-electron chi connectivity index (χ4n) is 1.14. The second-order valence-electron chi connectivity index (χ2n) is 3.16. The van der Waals surface area contributed by atoms with E-state index in [0.29, 0.717) is 11.9 Å². The maximum absolute atomic E-state index is 5.86. The minimum absolute atomic E-state index is 0.0982. The van der Waals surface area contributed by atoms with Crippen molar-refractivity contribution in [1.29, 1.82) is 0 Å². The summed E-state index contributed by atoms with van der Waals surface area (Å²) in [5.74, 6) is 0.520. The molecule has 0 amide bonds. The van der Waals surface area contributed by atoms with Crippen LogP contribution in [0.5, 0.6) is 0 Å². The molecule has 0 radical (unpaired) electrons. The zero-order valence-corrected chi connectivity index (χ0v) is 13.3. The molecule has 84 valence electrons. The topological polar surface area (TPSA) is 0 Å². The molecule has 0 saturated heterocycles. The highest BCUT2D eigenvalue weighted by Gasteiger charge is 2.29. The van der Waals surface area contributed by atoms with E-state index in [1.165, 1.54) is 0 Å². The Hall–Kier alpha value is 1.08. The molecule has 1 unspecified atom stereocenters. The standard InChI is InChI=1S/C9H9BrCl4Si/c10-9(6-15(12,13)14)8-3-1-7(5-11)2-4-8/h1-4,9H,5-6H2.